The second-order valence-electron chi connectivity index (χ2n) is 8.13. The van der Waals surface area contributed by atoms with E-state index in [4.69, 9.17) is 9.47 Å². The largest absolute Gasteiger partial charge is 0.496 e. The predicted octanol–water partition coefficient (Wildman–Crippen LogP) is 3.19. The van der Waals surface area contributed by atoms with Crippen molar-refractivity contribution >= 4 is 33.6 Å². The monoisotopic (exact) mass is 446 g/mol. The molecule has 3 heterocycles. The summed E-state index contributed by atoms with van der Waals surface area (Å²) in [7, 11) is 3.23. The van der Waals surface area contributed by atoms with E-state index in [0.29, 0.717) is 43.2 Å². The van der Waals surface area contributed by atoms with Crippen molar-refractivity contribution in [3.63, 3.8) is 0 Å². The predicted molar refractivity (Wildman–Crippen MR) is 126 cm³/mol. The lowest BCUT2D eigenvalue weighted by atomic mass is 10.1. The number of piperazine rings is 1. The zero-order chi connectivity index (χ0) is 22.9. The molecule has 0 spiro atoms. The molecule has 1 saturated heterocycles. The number of nitrogens with zero attached hydrogens (tertiary/aromatic N) is 2. The molecule has 2 aromatic carbocycles. The van der Waals surface area contributed by atoms with Gasteiger partial charge in [0.05, 0.1) is 31.7 Å². The van der Waals surface area contributed by atoms with E-state index in [2.05, 4.69) is 9.97 Å². The number of para-hydroxylation sites is 1. The number of amides is 2. The average Bonchev–Trinajstić information content (AvgIpc) is 3.48. The van der Waals surface area contributed by atoms with Crippen molar-refractivity contribution in [2.45, 2.75) is 6.42 Å². The minimum atomic E-state index is -0.00647. The number of H-pyrrole nitrogens is 2. The second-order valence-corrected chi connectivity index (χ2v) is 8.13. The first-order chi connectivity index (χ1) is 16.1. The highest BCUT2D eigenvalue weighted by molar-refractivity contribution is 6.06. The molecular weight excluding hydrogens is 420 g/mol. The Morgan fingerprint density at radius 3 is 2.33 bits per heavy atom. The highest BCUT2D eigenvalue weighted by Crippen LogP contribution is 2.35. The van der Waals surface area contributed by atoms with Crippen molar-refractivity contribution in [1.82, 2.24) is 19.8 Å². The first kappa shape index (κ1) is 20.9. The van der Waals surface area contributed by atoms with Gasteiger partial charge in [0.25, 0.3) is 5.91 Å². The molecule has 1 aliphatic rings. The van der Waals surface area contributed by atoms with Gasteiger partial charge in [-0.05, 0) is 23.8 Å². The number of aromatic nitrogens is 2. The number of aromatic amines is 2. The van der Waals surface area contributed by atoms with Crippen LogP contribution in [0.1, 0.15) is 15.9 Å². The van der Waals surface area contributed by atoms with Gasteiger partial charge in [-0.15, -0.1) is 0 Å². The molecule has 4 aromatic rings. The zero-order valence-corrected chi connectivity index (χ0v) is 18.7. The van der Waals surface area contributed by atoms with E-state index >= 15 is 0 Å². The molecule has 33 heavy (non-hydrogen) atoms. The third-order valence-electron chi connectivity index (χ3n) is 6.36. The summed E-state index contributed by atoms with van der Waals surface area (Å²) in [6, 6.07) is 11.5. The fourth-order valence-corrected chi connectivity index (χ4v) is 4.59. The van der Waals surface area contributed by atoms with Crippen LogP contribution in [0.5, 0.6) is 11.5 Å². The van der Waals surface area contributed by atoms with Gasteiger partial charge in [-0.2, -0.15) is 0 Å². The maximum Gasteiger partial charge on any atom is 0.256 e. The molecule has 0 atom stereocenters. The quantitative estimate of drug-likeness (QED) is 0.493. The number of nitrogens with one attached hydrogen (secondary N) is 2. The van der Waals surface area contributed by atoms with Crippen LogP contribution in [0.25, 0.3) is 21.8 Å². The number of fused-ring (bicyclic) bond motifs is 2. The Morgan fingerprint density at radius 1 is 0.879 bits per heavy atom. The Kier molecular flexibility index (Phi) is 5.42. The standard InChI is InChI=1S/C25H26N4O4/c1-32-20-7-8-21(33-2)24-23(20)16(14-27-24)13-22(30)28-9-11-29(12-10-28)25(31)18-15-26-19-6-4-3-5-17(18)19/h3-8,14-15,26-27H,9-13H2,1-2H3. The Hall–Kier alpha value is -3.94. The summed E-state index contributed by atoms with van der Waals surface area (Å²) in [6.07, 6.45) is 3.85. The smallest absolute Gasteiger partial charge is 0.256 e. The maximum absolute atomic E-state index is 13.1. The Labute approximate surface area is 191 Å². The molecule has 1 fully saturated rings. The number of carbonyl (C=O) groups excluding carboxylic acids is 2. The van der Waals surface area contributed by atoms with E-state index in [1.807, 2.05) is 52.4 Å². The number of ether oxygens (including phenoxy) is 2. The van der Waals surface area contributed by atoms with Crippen LogP contribution >= 0.6 is 0 Å². The van der Waals surface area contributed by atoms with Gasteiger partial charge in [-0.1, -0.05) is 18.2 Å². The van der Waals surface area contributed by atoms with Crippen LogP contribution in [0.4, 0.5) is 0 Å². The van der Waals surface area contributed by atoms with Gasteiger partial charge in [0.1, 0.15) is 11.5 Å². The molecule has 0 aliphatic carbocycles. The summed E-state index contributed by atoms with van der Waals surface area (Å²) in [5.41, 5.74) is 3.29. The van der Waals surface area contributed by atoms with E-state index in [-0.39, 0.29) is 18.2 Å². The number of rotatable bonds is 5. The third-order valence-corrected chi connectivity index (χ3v) is 6.36. The molecular formula is C25H26N4O4. The lowest BCUT2D eigenvalue weighted by Gasteiger charge is -2.34. The van der Waals surface area contributed by atoms with E-state index in [1.165, 1.54) is 0 Å². The van der Waals surface area contributed by atoms with Crippen molar-refractivity contribution in [1.29, 1.82) is 0 Å². The van der Waals surface area contributed by atoms with E-state index in [9.17, 15) is 9.59 Å². The molecule has 8 heteroatoms. The van der Waals surface area contributed by atoms with E-state index < -0.39 is 0 Å². The minimum absolute atomic E-state index is 0.00647. The van der Waals surface area contributed by atoms with Crippen LogP contribution in [0.2, 0.25) is 0 Å². The van der Waals surface area contributed by atoms with Gasteiger partial charge in [-0.3, -0.25) is 9.59 Å². The Balaban J connectivity index is 1.27. The molecule has 0 unspecified atom stereocenters. The molecule has 0 bridgehead atoms. The van der Waals surface area contributed by atoms with Gasteiger partial charge in [-0.25, -0.2) is 0 Å². The summed E-state index contributed by atoms with van der Waals surface area (Å²) in [5, 5.41) is 1.78. The lowest BCUT2D eigenvalue weighted by molar-refractivity contribution is -0.131. The highest BCUT2D eigenvalue weighted by Gasteiger charge is 2.27. The summed E-state index contributed by atoms with van der Waals surface area (Å²) in [5.74, 6) is 1.42. The first-order valence-corrected chi connectivity index (χ1v) is 10.9. The minimum Gasteiger partial charge on any atom is -0.496 e. The molecule has 2 N–H and O–H groups in total. The zero-order valence-electron chi connectivity index (χ0n) is 18.7. The molecule has 8 nitrogen and oxygen atoms in total. The number of hydrogen-bond donors (Lipinski definition) is 2. The summed E-state index contributed by atoms with van der Waals surface area (Å²) in [4.78, 5) is 36.1. The van der Waals surface area contributed by atoms with E-state index in [1.54, 1.807) is 20.4 Å². The Morgan fingerprint density at radius 2 is 1.58 bits per heavy atom. The Bertz CT molecular complexity index is 1330. The summed E-state index contributed by atoms with van der Waals surface area (Å²) in [6.45, 7) is 2.04. The molecule has 0 radical (unpaired) electrons. The molecule has 170 valence electrons. The lowest BCUT2D eigenvalue weighted by Crippen LogP contribution is -2.51. The number of benzene rings is 2. The molecule has 2 amide bonds. The number of carbonyl (C=O) groups is 2. The topological polar surface area (TPSA) is 90.7 Å². The van der Waals surface area contributed by atoms with E-state index in [0.717, 1.165) is 27.4 Å². The summed E-state index contributed by atoms with van der Waals surface area (Å²) >= 11 is 0. The van der Waals surface area contributed by atoms with Crippen LogP contribution < -0.4 is 9.47 Å². The van der Waals surface area contributed by atoms with Crippen LogP contribution in [0.15, 0.2) is 48.8 Å². The first-order valence-electron chi connectivity index (χ1n) is 10.9. The maximum atomic E-state index is 13.1. The fourth-order valence-electron chi connectivity index (χ4n) is 4.59. The molecule has 5 rings (SSSR count). The molecule has 0 saturated carbocycles. The second kappa shape index (κ2) is 8.54. The van der Waals surface area contributed by atoms with Gasteiger partial charge >= 0.3 is 0 Å². The van der Waals surface area contributed by atoms with Crippen molar-refractivity contribution in [3.05, 3.63) is 59.9 Å². The normalized spacial score (nSPS) is 14.1. The fraction of sp³-hybridized carbons (Fsp3) is 0.280. The number of methoxy groups -OCH3 is 2. The highest BCUT2D eigenvalue weighted by atomic mass is 16.5. The SMILES string of the molecule is COc1ccc(OC)c2c(CC(=O)N3CCN(C(=O)c4c[nH]c5ccccc45)CC3)c[nH]c12. The van der Waals surface area contributed by atoms with Crippen molar-refractivity contribution < 1.29 is 19.1 Å². The van der Waals surface area contributed by atoms with Gasteiger partial charge in [0, 0.05) is 54.9 Å². The van der Waals surface area contributed by atoms with Crippen molar-refractivity contribution in [3.8, 4) is 11.5 Å². The van der Waals surface area contributed by atoms with Gasteiger partial charge < -0.3 is 29.2 Å². The van der Waals surface area contributed by atoms with Crippen molar-refractivity contribution in [2.24, 2.45) is 0 Å². The summed E-state index contributed by atoms with van der Waals surface area (Å²) < 4.78 is 10.9. The molecule has 2 aromatic heterocycles. The molecule has 1 aliphatic heterocycles. The van der Waals surface area contributed by atoms with Crippen LogP contribution in [-0.4, -0.2) is 72.0 Å². The van der Waals surface area contributed by atoms with Crippen LogP contribution in [0.3, 0.4) is 0 Å². The van der Waals surface area contributed by atoms with Crippen molar-refractivity contribution in [2.75, 3.05) is 40.4 Å². The van der Waals surface area contributed by atoms with Gasteiger partial charge in [0.15, 0.2) is 0 Å². The number of hydrogen-bond acceptors (Lipinski definition) is 4. The van der Waals surface area contributed by atoms with Crippen LogP contribution in [-0.2, 0) is 11.2 Å². The average molecular weight is 447 g/mol. The third kappa shape index (κ3) is 3.67. The van der Waals surface area contributed by atoms with Crippen LogP contribution in [0, 0.1) is 0 Å². The van der Waals surface area contributed by atoms with Gasteiger partial charge in [0.2, 0.25) is 5.91 Å².